The lowest BCUT2D eigenvalue weighted by molar-refractivity contribution is -0.139. The monoisotopic (exact) mass is 334 g/mol. The molecule has 0 amide bonds. The second kappa shape index (κ2) is 8.10. The van der Waals surface area contributed by atoms with Crippen LogP contribution in [-0.4, -0.2) is 30.2 Å². The summed E-state index contributed by atoms with van der Waals surface area (Å²) in [7, 11) is 0. The van der Waals surface area contributed by atoms with E-state index in [-0.39, 0.29) is 18.8 Å². The molecule has 4 nitrogen and oxygen atoms in total. The molecule has 0 radical (unpaired) electrons. The predicted octanol–water partition coefficient (Wildman–Crippen LogP) is 3.49. The van der Waals surface area contributed by atoms with E-state index in [1.807, 2.05) is 0 Å². The van der Waals surface area contributed by atoms with Gasteiger partial charge in [-0.25, -0.2) is 4.79 Å². The molecule has 0 saturated heterocycles. The first-order chi connectivity index (χ1) is 10.3. The highest BCUT2D eigenvalue weighted by atomic mass is 35.5. The van der Waals surface area contributed by atoms with Crippen molar-refractivity contribution in [3.8, 4) is 0 Å². The number of halogens is 3. The van der Waals surface area contributed by atoms with Crippen molar-refractivity contribution in [1.82, 2.24) is 0 Å². The van der Waals surface area contributed by atoms with Gasteiger partial charge in [0.05, 0.1) is 19.3 Å². The number of aliphatic hydroxyl groups excluding tert-OH is 1. The number of carbonyl (C=O) groups is 1. The molecule has 0 fully saturated rings. The highest BCUT2D eigenvalue weighted by Crippen LogP contribution is 2.38. The molecule has 1 unspecified atom stereocenters. The van der Waals surface area contributed by atoms with Gasteiger partial charge in [-0.1, -0.05) is 23.7 Å². The third kappa shape index (κ3) is 4.68. The van der Waals surface area contributed by atoms with Crippen molar-refractivity contribution >= 4 is 17.6 Å². The maximum atomic E-state index is 14.4. The Balaban J connectivity index is 3.09. The quantitative estimate of drug-likeness (QED) is 0.471. The van der Waals surface area contributed by atoms with Crippen molar-refractivity contribution in [3.63, 3.8) is 0 Å². The fraction of sp³-hybridized carbons (Fsp3) is 0.400. The molecule has 1 rings (SSSR count). The van der Waals surface area contributed by atoms with Crippen LogP contribution in [0.5, 0.6) is 0 Å². The van der Waals surface area contributed by atoms with Crippen molar-refractivity contribution in [1.29, 1.82) is 0 Å². The minimum absolute atomic E-state index is 0.0417. The van der Waals surface area contributed by atoms with E-state index in [1.54, 1.807) is 6.92 Å². The van der Waals surface area contributed by atoms with Crippen molar-refractivity contribution in [2.45, 2.75) is 25.9 Å². The highest BCUT2D eigenvalue weighted by molar-refractivity contribution is 6.30. The Kier molecular flexibility index (Phi) is 6.77. The highest BCUT2D eigenvalue weighted by Gasteiger charge is 2.45. The molecular formula is C15H17ClF2O4. The number of hydrogen-bond acceptors (Lipinski definition) is 4. The average molecular weight is 335 g/mol. The first-order valence-electron chi connectivity index (χ1n) is 6.66. The molecule has 0 saturated carbocycles. The fourth-order valence-electron chi connectivity index (χ4n) is 1.67. The van der Waals surface area contributed by atoms with Crippen LogP contribution in [0.1, 0.15) is 25.5 Å². The smallest absolute Gasteiger partial charge is 0.334 e. The topological polar surface area (TPSA) is 55.8 Å². The Hall–Kier alpha value is -1.66. The Morgan fingerprint density at radius 1 is 1.27 bits per heavy atom. The van der Waals surface area contributed by atoms with Gasteiger partial charge in [0.15, 0.2) is 11.9 Å². The van der Waals surface area contributed by atoms with Crippen LogP contribution in [0.3, 0.4) is 0 Å². The Bertz CT molecular complexity index is 529. The van der Waals surface area contributed by atoms with Crippen LogP contribution >= 0.6 is 11.6 Å². The second-order valence-electron chi connectivity index (χ2n) is 4.27. The molecule has 7 heteroatoms. The van der Waals surface area contributed by atoms with Crippen LogP contribution < -0.4 is 0 Å². The molecule has 0 aliphatic heterocycles. The SMILES string of the molecule is CCOC(=O)/C=C(\OCC)C(F)(F)C(O)c1ccc(Cl)cc1. The van der Waals surface area contributed by atoms with Crippen LogP contribution in [0.4, 0.5) is 8.78 Å². The summed E-state index contributed by atoms with van der Waals surface area (Å²) in [5.74, 6) is -5.71. The van der Waals surface area contributed by atoms with Crippen LogP contribution in [-0.2, 0) is 14.3 Å². The summed E-state index contributed by atoms with van der Waals surface area (Å²) in [6.45, 7) is 2.99. The Labute approximate surface area is 132 Å². The summed E-state index contributed by atoms with van der Waals surface area (Å²) in [6.07, 6.45) is -1.64. The zero-order chi connectivity index (χ0) is 16.8. The van der Waals surface area contributed by atoms with E-state index in [0.29, 0.717) is 11.1 Å². The molecule has 1 aromatic rings. The lowest BCUT2D eigenvalue weighted by atomic mass is 10.0. The van der Waals surface area contributed by atoms with Gasteiger partial charge < -0.3 is 14.6 Å². The predicted molar refractivity (Wildman–Crippen MR) is 77.7 cm³/mol. The van der Waals surface area contributed by atoms with E-state index in [1.165, 1.54) is 31.2 Å². The first-order valence-corrected chi connectivity index (χ1v) is 7.03. The van der Waals surface area contributed by atoms with Crippen molar-refractivity contribution < 1.29 is 28.2 Å². The summed E-state index contributed by atoms with van der Waals surface area (Å²) >= 11 is 5.68. The molecule has 0 spiro atoms. The number of ether oxygens (including phenoxy) is 2. The van der Waals surface area contributed by atoms with Gasteiger partial charge >= 0.3 is 11.9 Å². The lowest BCUT2D eigenvalue weighted by Crippen LogP contribution is -2.31. The normalized spacial score (nSPS) is 13.6. The summed E-state index contributed by atoms with van der Waals surface area (Å²) in [5.41, 5.74) is -0.0520. The van der Waals surface area contributed by atoms with Crippen molar-refractivity contribution in [2.24, 2.45) is 0 Å². The number of rotatable bonds is 7. The number of alkyl halides is 2. The number of aliphatic hydroxyl groups is 1. The maximum Gasteiger partial charge on any atom is 0.334 e. The Morgan fingerprint density at radius 3 is 2.32 bits per heavy atom. The molecule has 1 N–H and O–H groups in total. The summed E-state index contributed by atoms with van der Waals surface area (Å²) in [6, 6.07) is 5.31. The van der Waals surface area contributed by atoms with Crippen LogP contribution in [0, 0.1) is 0 Å². The largest absolute Gasteiger partial charge is 0.491 e. The van der Waals surface area contributed by atoms with E-state index in [2.05, 4.69) is 4.74 Å². The van der Waals surface area contributed by atoms with Crippen LogP contribution in [0.25, 0.3) is 0 Å². The molecule has 0 aliphatic carbocycles. The lowest BCUT2D eigenvalue weighted by Gasteiger charge is -2.25. The molecule has 0 bridgehead atoms. The van der Waals surface area contributed by atoms with Gasteiger partial charge in [-0.3, -0.25) is 0 Å². The third-order valence-electron chi connectivity index (χ3n) is 2.69. The number of hydrogen-bond donors (Lipinski definition) is 1. The molecule has 122 valence electrons. The molecule has 1 aromatic carbocycles. The van der Waals surface area contributed by atoms with Gasteiger partial charge in [-0.2, -0.15) is 8.78 Å². The van der Waals surface area contributed by atoms with Crippen LogP contribution in [0.15, 0.2) is 36.1 Å². The minimum atomic E-state index is -3.80. The Morgan fingerprint density at radius 2 is 1.82 bits per heavy atom. The van der Waals surface area contributed by atoms with E-state index < -0.39 is 23.8 Å². The number of carbonyl (C=O) groups excluding carboxylic acids is 1. The number of esters is 1. The summed E-state index contributed by atoms with van der Waals surface area (Å²) < 4.78 is 38.1. The average Bonchev–Trinajstić information content (AvgIpc) is 2.47. The molecule has 1 atom stereocenters. The van der Waals surface area contributed by atoms with E-state index in [4.69, 9.17) is 16.3 Å². The van der Waals surface area contributed by atoms with Gasteiger partial charge in [0.25, 0.3) is 0 Å². The van der Waals surface area contributed by atoms with Crippen molar-refractivity contribution in [2.75, 3.05) is 13.2 Å². The van der Waals surface area contributed by atoms with E-state index >= 15 is 0 Å². The van der Waals surface area contributed by atoms with Gasteiger partial charge in [0, 0.05) is 5.02 Å². The molecule has 0 heterocycles. The van der Waals surface area contributed by atoms with E-state index in [9.17, 15) is 18.7 Å². The first kappa shape index (κ1) is 18.4. The number of benzene rings is 1. The zero-order valence-electron chi connectivity index (χ0n) is 12.2. The fourth-order valence-corrected chi connectivity index (χ4v) is 1.80. The van der Waals surface area contributed by atoms with Crippen LogP contribution in [0.2, 0.25) is 5.02 Å². The summed E-state index contributed by atoms with van der Waals surface area (Å²) in [5, 5.41) is 10.3. The zero-order valence-corrected chi connectivity index (χ0v) is 12.9. The van der Waals surface area contributed by atoms with Gasteiger partial charge in [-0.15, -0.1) is 0 Å². The molecule has 22 heavy (non-hydrogen) atoms. The van der Waals surface area contributed by atoms with Crippen molar-refractivity contribution in [3.05, 3.63) is 46.7 Å². The summed E-state index contributed by atoms with van der Waals surface area (Å²) in [4.78, 5) is 11.4. The third-order valence-corrected chi connectivity index (χ3v) is 2.95. The second-order valence-corrected chi connectivity index (χ2v) is 4.71. The minimum Gasteiger partial charge on any atom is -0.491 e. The van der Waals surface area contributed by atoms with E-state index in [0.717, 1.165) is 0 Å². The standard InChI is InChI=1S/C15H17ClF2O4/c1-3-21-12(9-13(19)22-4-2)15(17,18)14(20)10-5-7-11(16)8-6-10/h5-9,14,20H,3-4H2,1-2H3/b12-9-. The van der Waals surface area contributed by atoms with Gasteiger partial charge in [0.2, 0.25) is 0 Å². The molecular weight excluding hydrogens is 318 g/mol. The maximum absolute atomic E-state index is 14.4. The molecule has 0 aromatic heterocycles. The van der Waals surface area contributed by atoms with Gasteiger partial charge in [-0.05, 0) is 31.5 Å². The van der Waals surface area contributed by atoms with Gasteiger partial charge in [0.1, 0.15) is 0 Å². The molecule has 0 aliphatic rings.